The largest absolute Gasteiger partial charge is 0.489 e. The molecule has 0 saturated carbocycles. The minimum atomic E-state index is -0.899. The van der Waals surface area contributed by atoms with Gasteiger partial charge in [0.15, 0.2) is 5.82 Å². The van der Waals surface area contributed by atoms with Crippen molar-refractivity contribution in [1.29, 1.82) is 0 Å². The summed E-state index contributed by atoms with van der Waals surface area (Å²) in [6.07, 6.45) is 2.86. The molecule has 2 aliphatic heterocycles. The van der Waals surface area contributed by atoms with Crippen LogP contribution in [0.3, 0.4) is 0 Å². The second-order valence-electron chi connectivity index (χ2n) is 12.6. The molecule has 242 valence electrons. The van der Waals surface area contributed by atoms with E-state index in [0.717, 1.165) is 41.3 Å². The summed E-state index contributed by atoms with van der Waals surface area (Å²) in [6, 6.07) is 31.0. The normalized spacial score (nSPS) is 19.1. The van der Waals surface area contributed by atoms with Crippen LogP contribution in [0.15, 0.2) is 103 Å². The minimum absolute atomic E-state index is 0.0186. The molecule has 2 fully saturated rings. The Kier molecular flexibility index (Phi) is 8.06. The van der Waals surface area contributed by atoms with Crippen LogP contribution >= 0.6 is 0 Å². The summed E-state index contributed by atoms with van der Waals surface area (Å²) in [4.78, 5) is 15.9. The van der Waals surface area contributed by atoms with Crippen molar-refractivity contribution in [3.05, 3.63) is 120 Å². The average Bonchev–Trinajstić information content (AvgIpc) is 3.65. The molecule has 0 bridgehead atoms. The highest BCUT2D eigenvalue weighted by Gasteiger charge is 2.49. The van der Waals surface area contributed by atoms with Gasteiger partial charge in [-0.2, -0.15) is 9.97 Å². The van der Waals surface area contributed by atoms with E-state index in [2.05, 4.69) is 19.9 Å². The predicted molar refractivity (Wildman–Crippen MR) is 180 cm³/mol. The molecule has 0 N–H and O–H groups in total. The van der Waals surface area contributed by atoms with Gasteiger partial charge < -0.3 is 14.2 Å². The number of fused-ring (bicyclic) bond motifs is 3. The van der Waals surface area contributed by atoms with E-state index in [-0.39, 0.29) is 36.3 Å². The van der Waals surface area contributed by atoms with Crippen LogP contribution in [0.5, 0.6) is 17.6 Å². The summed E-state index contributed by atoms with van der Waals surface area (Å²) in [7, 11) is 0. The second kappa shape index (κ2) is 12.8. The molecule has 4 heterocycles. The molecule has 1 unspecified atom stereocenters. The first-order valence-electron chi connectivity index (χ1n) is 16.3. The Morgan fingerprint density at radius 2 is 1.54 bits per heavy atom. The maximum atomic E-state index is 16.8. The fourth-order valence-corrected chi connectivity index (χ4v) is 7.05. The van der Waals surface area contributed by atoms with E-state index in [1.807, 2.05) is 97.1 Å². The molecule has 0 amide bonds. The summed E-state index contributed by atoms with van der Waals surface area (Å²) in [5.41, 5.74) is 2.26. The molecule has 9 heteroatoms. The minimum Gasteiger partial charge on any atom is -0.489 e. The topological polar surface area (TPSA) is 69.6 Å². The quantitative estimate of drug-likeness (QED) is 0.149. The monoisotopic (exact) mass is 644 g/mol. The number of hydrogen-bond acceptors (Lipinski definition) is 7. The van der Waals surface area contributed by atoms with Crippen LogP contribution in [-0.2, 0) is 13.2 Å². The van der Waals surface area contributed by atoms with Crippen molar-refractivity contribution in [3.8, 4) is 28.9 Å². The van der Waals surface area contributed by atoms with E-state index < -0.39 is 17.5 Å². The molecule has 7 nitrogen and oxygen atoms in total. The van der Waals surface area contributed by atoms with Gasteiger partial charge in [0.2, 0.25) is 5.88 Å². The Morgan fingerprint density at radius 1 is 0.812 bits per heavy atom. The molecule has 4 aromatic carbocycles. The smallest absolute Gasteiger partial charge is 0.320 e. The molecule has 0 aliphatic carbocycles. The summed E-state index contributed by atoms with van der Waals surface area (Å²) >= 11 is 0. The van der Waals surface area contributed by atoms with E-state index in [0.29, 0.717) is 36.3 Å². The predicted octanol–water partition coefficient (Wildman–Crippen LogP) is 8.10. The third-order valence-electron chi connectivity index (χ3n) is 9.42. The molecular weight excluding hydrogens is 610 g/mol. The summed E-state index contributed by atoms with van der Waals surface area (Å²) in [6.45, 7) is 2.02. The van der Waals surface area contributed by atoms with Gasteiger partial charge in [-0.05, 0) is 53.4 Å². The first-order valence-corrected chi connectivity index (χ1v) is 16.3. The van der Waals surface area contributed by atoms with Gasteiger partial charge in [-0.3, -0.25) is 9.88 Å². The Morgan fingerprint density at radius 3 is 2.33 bits per heavy atom. The van der Waals surface area contributed by atoms with Crippen molar-refractivity contribution in [2.45, 2.75) is 44.2 Å². The number of hydrogen-bond donors (Lipinski definition) is 0. The molecule has 2 aliphatic rings. The molecule has 48 heavy (non-hydrogen) atoms. The average molecular weight is 645 g/mol. The Bertz CT molecular complexity index is 2080. The van der Waals surface area contributed by atoms with Crippen LogP contribution in [0.2, 0.25) is 0 Å². The SMILES string of the molecule is Fc1c(-c2cc(OCc3ccccc3)cc3ccccc23)ncc2c(OCc3ccccc3)nc(OCC34CCCN3C[C@H](F)C4)nc12. The Labute approximate surface area is 277 Å². The van der Waals surface area contributed by atoms with Crippen LogP contribution < -0.4 is 14.2 Å². The highest BCUT2D eigenvalue weighted by atomic mass is 19.1. The van der Waals surface area contributed by atoms with Crippen molar-refractivity contribution < 1.29 is 23.0 Å². The van der Waals surface area contributed by atoms with Crippen LogP contribution in [-0.4, -0.2) is 51.3 Å². The van der Waals surface area contributed by atoms with Crippen molar-refractivity contribution in [2.24, 2.45) is 0 Å². The van der Waals surface area contributed by atoms with Gasteiger partial charge in [0.05, 0.1) is 10.9 Å². The lowest BCUT2D eigenvalue weighted by Gasteiger charge is -2.30. The van der Waals surface area contributed by atoms with Gasteiger partial charge >= 0.3 is 6.01 Å². The highest BCUT2D eigenvalue weighted by molar-refractivity contribution is 5.99. The van der Waals surface area contributed by atoms with Crippen molar-refractivity contribution in [3.63, 3.8) is 0 Å². The maximum Gasteiger partial charge on any atom is 0.320 e. The summed E-state index contributed by atoms with van der Waals surface area (Å²) in [5.74, 6) is 0.132. The molecule has 0 radical (unpaired) electrons. The molecule has 6 aromatic rings. The van der Waals surface area contributed by atoms with Gasteiger partial charge in [0.1, 0.15) is 43.0 Å². The zero-order chi connectivity index (χ0) is 32.5. The van der Waals surface area contributed by atoms with Gasteiger partial charge in [0, 0.05) is 24.7 Å². The van der Waals surface area contributed by atoms with Gasteiger partial charge in [-0.15, -0.1) is 0 Å². The molecular formula is C39H34F2N4O3. The molecule has 2 atom stereocenters. The van der Waals surface area contributed by atoms with Gasteiger partial charge in [0.25, 0.3) is 0 Å². The van der Waals surface area contributed by atoms with Crippen molar-refractivity contribution >= 4 is 21.7 Å². The highest BCUT2D eigenvalue weighted by Crippen LogP contribution is 2.41. The van der Waals surface area contributed by atoms with Crippen molar-refractivity contribution in [2.75, 3.05) is 19.7 Å². The number of aromatic nitrogens is 3. The lowest BCUT2D eigenvalue weighted by molar-refractivity contribution is 0.106. The lowest BCUT2D eigenvalue weighted by atomic mass is 9.95. The van der Waals surface area contributed by atoms with Gasteiger partial charge in [-0.25, -0.2) is 8.78 Å². The lowest BCUT2D eigenvalue weighted by Crippen LogP contribution is -2.43. The van der Waals surface area contributed by atoms with E-state index in [4.69, 9.17) is 14.2 Å². The van der Waals surface area contributed by atoms with E-state index in [1.165, 1.54) is 0 Å². The van der Waals surface area contributed by atoms with Crippen molar-refractivity contribution in [1.82, 2.24) is 19.9 Å². The van der Waals surface area contributed by atoms with E-state index >= 15 is 4.39 Å². The number of nitrogens with zero attached hydrogens (tertiary/aromatic N) is 4. The molecule has 2 aromatic heterocycles. The van der Waals surface area contributed by atoms with Crippen LogP contribution in [0.1, 0.15) is 30.4 Å². The van der Waals surface area contributed by atoms with Crippen LogP contribution in [0.25, 0.3) is 32.9 Å². The molecule has 8 rings (SSSR count). The maximum absolute atomic E-state index is 16.8. The Hall–Kier alpha value is -5.15. The Balaban J connectivity index is 1.19. The fraction of sp³-hybridized carbons (Fsp3) is 0.256. The van der Waals surface area contributed by atoms with E-state index in [1.54, 1.807) is 6.20 Å². The number of halogens is 2. The molecule has 2 saturated heterocycles. The number of ether oxygens (including phenoxy) is 3. The first kappa shape index (κ1) is 30.2. The molecule has 0 spiro atoms. The number of alkyl halides is 1. The fourth-order valence-electron chi connectivity index (χ4n) is 7.05. The van der Waals surface area contributed by atoms with E-state index in [9.17, 15) is 4.39 Å². The number of rotatable bonds is 10. The third kappa shape index (κ3) is 5.90. The van der Waals surface area contributed by atoms with Crippen LogP contribution in [0.4, 0.5) is 8.78 Å². The summed E-state index contributed by atoms with van der Waals surface area (Å²) < 4.78 is 49.8. The first-order chi connectivity index (χ1) is 23.5. The van der Waals surface area contributed by atoms with Crippen LogP contribution in [0, 0.1) is 5.82 Å². The van der Waals surface area contributed by atoms with Gasteiger partial charge in [-0.1, -0.05) is 84.9 Å². The number of pyridine rings is 1. The zero-order valence-electron chi connectivity index (χ0n) is 26.3. The standard InChI is InChI=1S/C39H34F2N4O3/c40-29-20-39(16-9-17-45(39)22-29)25-48-38-43-36-33(37(44-38)47-24-27-12-5-2-6-13-27)21-42-35(34(36)41)32-19-30(18-28-14-7-8-15-31(28)32)46-23-26-10-3-1-4-11-26/h1-8,10-15,18-19,21,29H,9,16-17,20,22-25H2/t29-,39?/m1/s1. The summed E-state index contributed by atoms with van der Waals surface area (Å²) in [5, 5.41) is 2.04. The third-order valence-corrected chi connectivity index (χ3v) is 9.42. The zero-order valence-corrected chi connectivity index (χ0v) is 26.3. The number of benzene rings is 4. The second-order valence-corrected chi connectivity index (χ2v) is 12.6.